The van der Waals surface area contributed by atoms with Gasteiger partial charge < -0.3 is 4.42 Å². The summed E-state index contributed by atoms with van der Waals surface area (Å²) in [4.78, 5) is 9.14. The number of furan rings is 1. The van der Waals surface area contributed by atoms with Gasteiger partial charge >= 0.3 is 0 Å². The van der Waals surface area contributed by atoms with Gasteiger partial charge in [-0.3, -0.25) is 4.98 Å². The van der Waals surface area contributed by atoms with E-state index in [0.29, 0.717) is 17.5 Å². The molecule has 4 rings (SSSR count). The van der Waals surface area contributed by atoms with Crippen molar-refractivity contribution in [2.75, 3.05) is 0 Å². The molecule has 0 N–H and O–H groups in total. The molecule has 0 bridgehead atoms. The summed E-state index contributed by atoms with van der Waals surface area (Å²) in [5.41, 5.74) is 5.78. The zero-order valence-electron chi connectivity index (χ0n) is 15.1. The highest BCUT2D eigenvalue weighted by molar-refractivity contribution is 6.08. The van der Waals surface area contributed by atoms with E-state index < -0.39 is 0 Å². The van der Waals surface area contributed by atoms with Crippen LogP contribution in [-0.2, 0) is 0 Å². The molecule has 0 amide bonds. The Morgan fingerprint density at radius 3 is 2.60 bits per heavy atom. The first-order valence-corrected chi connectivity index (χ1v) is 8.80. The van der Waals surface area contributed by atoms with Gasteiger partial charge in [-0.25, -0.2) is 4.98 Å². The molecule has 1 unspecified atom stereocenters. The molecule has 3 nitrogen and oxygen atoms in total. The second-order valence-electron chi connectivity index (χ2n) is 7.10. The van der Waals surface area contributed by atoms with Gasteiger partial charge in [0.15, 0.2) is 0 Å². The first kappa shape index (κ1) is 15.8. The zero-order valence-corrected chi connectivity index (χ0v) is 15.1. The molecule has 3 heteroatoms. The van der Waals surface area contributed by atoms with Crippen LogP contribution in [0.2, 0.25) is 0 Å². The van der Waals surface area contributed by atoms with Gasteiger partial charge in [-0.2, -0.15) is 0 Å². The summed E-state index contributed by atoms with van der Waals surface area (Å²) in [6, 6.07) is 14.6. The summed E-state index contributed by atoms with van der Waals surface area (Å²) < 4.78 is 6.12. The van der Waals surface area contributed by atoms with Crippen molar-refractivity contribution in [2.24, 2.45) is 5.92 Å². The van der Waals surface area contributed by atoms with Crippen molar-refractivity contribution < 1.29 is 4.42 Å². The molecule has 0 aliphatic rings. The molecule has 0 saturated carbocycles. The summed E-state index contributed by atoms with van der Waals surface area (Å²) in [5, 5.41) is 2.14. The topological polar surface area (TPSA) is 38.9 Å². The fourth-order valence-corrected chi connectivity index (χ4v) is 3.24. The van der Waals surface area contributed by atoms with Crippen LogP contribution in [0, 0.1) is 12.8 Å². The van der Waals surface area contributed by atoms with Gasteiger partial charge in [-0.1, -0.05) is 32.9 Å². The highest BCUT2D eigenvalue weighted by Gasteiger charge is 2.16. The number of benzene rings is 1. The number of aromatic nitrogens is 2. The first-order valence-electron chi connectivity index (χ1n) is 8.80. The smallest absolute Gasteiger partial charge is 0.227 e. The van der Waals surface area contributed by atoms with E-state index in [2.05, 4.69) is 67.1 Å². The van der Waals surface area contributed by atoms with Gasteiger partial charge in [0.05, 0.1) is 5.69 Å². The standard InChI is InChI=1S/C22H22N2O/c1-13(2)15(4)16-10-11-23-20(12-16)19-7-5-6-17-18-9-8-14(3)24-22(18)25-21(17)19/h5-13,15H,1-4H3. The normalized spacial score (nSPS) is 13.0. The quantitative estimate of drug-likeness (QED) is 0.455. The highest BCUT2D eigenvalue weighted by atomic mass is 16.3. The molecule has 0 aliphatic heterocycles. The fraction of sp³-hybridized carbons (Fsp3) is 0.273. The molecule has 1 aromatic carbocycles. The lowest BCUT2D eigenvalue weighted by molar-refractivity contribution is 0.535. The molecule has 3 heterocycles. The highest BCUT2D eigenvalue weighted by Crippen LogP contribution is 2.35. The minimum absolute atomic E-state index is 0.487. The molecule has 1 atom stereocenters. The number of hydrogen-bond acceptors (Lipinski definition) is 3. The van der Waals surface area contributed by atoms with Crippen LogP contribution in [0.25, 0.3) is 33.3 Å². The molecule has 3 aromatic heterocycles. The van der Waals surface area contributed by atoms with Crippen molar-refractivity contribution in [3.63, 3.8) is 0 Å². The lowest BCUT2D eigenvalue weighted by atomic mass is 9.90. The van der Waals surface area contributed by atoms with Gasteiger partial charge in [0, 0.05) is 28.2 Å². The SMILES string of the molecule is Cc1ccc2c(n1)oc1c(-c3cc(C(C)C(C)C)ccn3)cccc12. The molecular weight excluding hydrogens is 308 g/mol. The van der Waals surface area contributed by atoms with Gasteiger partial charge in [0.1, 0.15) is 5.58 Å². The molecule has 0 saturated heterocycles. The minimum Gasteiger partial charge on any atom is -0.437 e. The van der Waals surface area contributed by atoms with E-state index in [-0.39, 0.29) is 0 Å². The first-order chi connectivity index (χ1) is 12.0. The summed E-state index contributed by atoms with van der Waals surface area (Å²) >= 11 is 0. The number of rotatable bonds is 3. The van der Waals surface area contributed by atoms with Gasteiger partial charge in [-0.15, -0.1) is 0 Å². The largest absolute Gasteiger partial charge is 0.437 e. The van der Waals surface area contributed by atoms with E-state index in [1.54, 1.807) is 0 Å². The molecule has 4 aromatic rings. The monoisotopic (exact) mass is 330 g/mol. The van der Waals surface area contributed by atoms with Crippen molar-refractivity contribution in [3.8, 4) is 11.3 Å². The van der Waals surface area contributed by atoms with E-state index in [1.807, 2.05) is 19.2 Å². The van der Waals surface area contributed by atoms with Gasteiger partial charge in [0.2, 0.25) is 5.71 Å². The minimum atomic E-state index is 0.487. The van der Waals surface area contributed by atoms with Gasteiger partial charge in [0.25, 0.3) is 0 Å². The Morgan fingerprint density at radius 2 is 1.80 bits per heavy atom. The second kappa shape index (κ2) is 5.99. The number of aryl methyl sites for hydroxylation is 1. The predicted octanol–water partition coefficient (Wildman–Crippen LogP) is 6.11. The Balaban J connectivity index is 1.92. The molecule has 0 aliphatic carbocycles. The molecular formula is C22H22N2O. The number of nitrogens with zero attached hydrogens (tertiary/aromatic N) is 2. The third-order valence-electron chi connectivity index (χ3n) is 5.09. The Kier molecular flexibility index (Phi) is 3.79. The Bertz CT molecular complexity index is 1060. The van der Waals surface area contributed by atoms with Gasteiger partial charge in [-0.05, 0) is 54.7 Å². The van der Waals surface area contributed by atoms with Crippen molar-refractivity contribution in [3.05, 3.63) is 59.9 Å². The maximum atomic E-state index is 6.12. The van der Waals surface area contributed by atoms with Crippen LogP contribution >= 0.6 is 0 Å². The summed E-state index contributed by atoms with van der Waals surface area (Å²) in [6.45, 7) is 8.74. The van der Waals surface area contributed by atoms with E-state index in [4.69, 9.17) is 4.42 Å². The zero-order chi connectivity index (χ0) is 17.6. The van der Waals surface area contributed by atoms with Crippen molar-refractivity contribution in [1.29, 1.82) is 0 Å². The van der Waals surface area contributed by atoms with Crippen LogP contribution in [-0.4, -0.2) is 9.97 Å². The lowest BCUT2D eigenvalue weighted by Crippen LogP contribution is -2.02. The average Bonchev–Trinajstić information content (AvgIpc) is 2.98. The van der Waals surface area contributed by atoms with Crippen molar-refractivity contribution in [2.45, 2.75) is 33.6 Å². The van der Waals surface area contributed by atoms with Crippen LogP contribution in [0.4, 0.5) is 0 Å². The van der Waals surface area contributed by atoms with Crippen LogP contribution in [0.1, 0.15) is 37.9 Å². The third kappa shape index (κ3) is 2.70. The number of para-hydroxylation sites is 1. The Morgan fingerprint density at radius 1 is 0.960 bits per heavy atom. The van der Waals surface area contributed by atoms with Crippen LogP contribution in [0.15, 0.2) is 53.1 Å². The molecule has 25 heavy (non-hydrogen) atoms. The fourth-order valence-electron chi connectivity index (χ4n) is 3.24. The Labute approximate surface area is 147 Å². The van der Waals surface area contributed by atoms with Crippen molar-refractivity contribution in [1.82, 2.24) is 9.97 Å². The summed E-state index contributed by atoms with van der Waals surface area (Å²) in [7, 11) is 0. The maximum absolute atomic E-state index is 6.12. The molecule has 126 valence electrons. The van der Waals surface area contributed by atoms with Crippen LogP contribution in [0.3, 0.4) is 0 Å². The molecule has 0 radical (unpaired) electrons. The molecule has 0 spiro atoms. The maximum Gasteiger partial charge on any atom is 0.227 e. The number of hydrogen-bond donors (Lipinski definition) is 0. The number of pyridine rings is 2. The van der Waals surface area contributed by atoms with E-state index in [0.717, 1.165) is 33.3 Å². The summed E-state index contributed by atoms with van der Waals surface area (Å²) in [6.07, 6.45) is 1.90. The lowest BCUT2D eigenvalue weighted by Gasteiger charge is -2.16. The predicted molar refractivity (Wildman–Crippen MR) is 103 cm³/mol. The summed E-state index contributed by atoms with van der Waals surface area (Å²) in [5.74, 6) is 1.07. The van der Waals surface area contributed by atoms with E-state index in [1.165, 1.54) is 5.56 Å². The van der Waals surface area contributed by atoms with Crippen LogP contribution < -0.4 is 0 Å². The van der Waals surface area contributed by atoms with E-state index >= 15 is 0 Å². The third-order valence-corrected chi connectivity index (χ3v) is 5.09. The van der Waals surface area contributed by atoms with Crippen molar-refractivity contribution >= 4 is 22.1 Å². The van der Waals surface area contributed by atoms with Crippen LogP contribution in [0.5, 0.6) is 0 Å². The average molecular weight is 330 g/mol. The van der Waals surface area contributed by atoms with E-state index in [9.17, 15) is 0 Å². The second-order valence-corrected chi connectivity index (χ2v) is 7.10. The number of fused-ring (bicyclic) bond motifs is 3. The Hall–Kier alpha value is -2.68. The molecule has 0 fully saturated rings.